The lowest BCUT2D eigenvalue weighted by Crippen LogP contribution is -2.26. The fourth-order valence-electron chi connectivity index (χ4n) is 3.41. The van der Waals surface area contributed by atoms with Gasteiger partial charge < -0.3 is 4.74 Å². The minimum absolute atomic E-state index is 0.144. The van der Waals surface area contributed by atoms with Crippen molar-refractivity contribution in [2.45, 2.75) is 6.54 Å². The fourth-order valence-corrected chi connectivity index (χ4v) is 3.68. The third kappa shape index (κ3) is 4.24. The van der Waals surface area contributed by atoms with E-state index >= 15 is 0 Å². The Labute approximate surface area is 189 Å². The molecule has 3 aromatic carbocycles. The van der Waals surface area contributed by atoms with Gasteiger partial charge in [0.15, 0.2) is 0 Å². The highest BCUT2D eigenvalue weighted by Gasteiger charge is 2.21. The number of hydrogen-bond donors (Lipinski definition) is 0. The van der Waals surface area contributed by atoms with E-state index in [2.05, 4.69) is 22.1 Å². The highest BCUT2D eigenvalue weighted by molar-refractivity contribution is 6.30. The van der Waals surface area contributed by atoms with E-state index in [1.807, 2.05) is 65.7 Å². The summed E-state index contributed by atoms with van der Waals surface area (Å²) in [5, 5.41) is 7.77. The predicted octanol–water partition coefficient (Wildman–Crippen LogP) is 6.35. The highest BCUT2D eigenvalue weighted by atomic mass is 35.5. The zero-order valence-electron chi connectivity index (χ0n) is 16.2. The van der Waals surface area contributed by atoms with Crippen LogP contribution in [0.3, 0.4) is 0 Å². The zero-order valence-corrected chi connectivity index (χ0v) is 17.8. The average molecular weight is 447 g/mol. The molecule has 4 aromatic rings. The Morgan fingerprint density at radius 1 is 0.839 bits per heavy atom. The number of fused-ring (bicyclic) bond motifs is 1. The smallest absolute Gasteiger partial charge is 0.225 e. The van der Waals surface area contributed by atoms with Crippen molar-refractivity contribution in [2.24, 2.45) is 5.10 Å². The summed E-state index contributed by atoms with van der Waals surface area (Å²) >= 11 is 11.9. The topological polar surface area (TPSA) is 50.6 Å². The quantitative estimate of drug-likeness (QED) is 0.342. The number of ether oxygens (including phenoxy) is 1. The number of anilines is 1. The van der Waals surface area contributed by atoms with Crippen LogP contribution in [-0.2, 0) is 6.54 Å². The Balaban J connectivity index is 1.45. The molecule has 0 unspecified atom stereocenters. The second kappa shape index (κ2) is 8.38. The van der Waals surface area contributed by atoms with E-state index in [4.69, 9.17) is 33.0 Å². The van der Waals surface area contributed by atoms with E-state index in [1.54, 1.807) is 12.3 Å². The molecule has 7 heteroatoms. The van der Waals surface area contributed by atoms with Crippen LogP contribution in [0.25, 0.3) is 0 Å². The summed E-state index contributed by atoms with van der Waals surface area (Å²) in [4.78, 5) is 7.90. The van der Waals surface area contributed by atoms with E-state index in [9.17, 15) is 0 Å². The first-order valence-corrected chi connectivity index (χ1v) is 10.4. The fraction of sp³-hybridized carbons (Fsp3) is 0.0417. The van der Waals surface area contributed by atoms with Crippen LogP contribution in [0.15, 0.2) is 90.2 Å². The maximum Gasteiger partial charge on any atom is 0.225 e. The van der Waals surface area contributed by atoms with E-state index in [1.165, 1.54) is 5.56 Å². The number of hydrazone groups is 1. The van der Waals surface area contributed by atoms with Crippen LogP contribution in [0.1, 0.15) is 16.7 Å². The van der Waals surface area contributed by atoms with Gasteiger partial charge in [0.05, 0.1) is 17.9 Å². The van der Waals surface area contributed by atoms with Crippen LogP contribution in [0.2, 0.25) is 10.3 Å². The van der Waals surface area contributed by atoms with Gasteiger partial charge in [-0.2, -0.15) is 10.1 Å². The van der Waals surface area contributed by atoms with Crippen molar-refractivity contribution in [3.05, 3.63) is 112 Å². The van der Waals surface area contributed by atoms with Crippen LogP contribution >= 0.6 is 23.2 Å². The molecule has 1 aromatic heterocycles. The first-order valence-electron chi connectivity index (χ1n) is 9.62. The molecule has 0 atom stereocenters. The lowest BCUT2D eigenvalue weighted by molar-refractivity contribution is 0.461. The molecule has 0 bridgehead atoms. The Kier molecular flexibility index (Phi) is 5.28. The van der Waals surface area contributed by atoms with Gasteiger partial charge in [-0.3, -0.25) is 5.01 Å². The van der Waals surface area contributed by atoms with Crippen LogP contribution < -0.4 is 9.75 Å². The molecule has 0 spiro atoms. The van der Waals surface area contributed by atoms with Crippen LogP contribution in [0.5, 0.6) is 11.6 Å². The summed E-state index contributed by atoms with van der Waals surface area (Å²) in [6, 6.07) is 25.4. The number of aromatic nitrogens is 2. The van der Waals surface area contributed by atoms with Gasteiger partial charge >= 0.3 is 0 Å². The molecule has 0 N–H and O–H groups in total. The van der Waals surface area contributed by atoms with Crippen molar-refractivity contribution in [2.75, 3.05) is 5.01 Å². The second-order valence-corrected chi connectivity index (χ2v) is 7.70. The van der Waals surface area contributed by atoms with E-state index in [0.29, 0.717) is 23.2 Å². The van der Waals surface area contributed by atoms with Gasteiger partial charge in [-0.25, -0.2) is 4.98 Å². The van der Waals surface area contributed by atoms with Crippen molar-refractivity contribution in [1.82, 2.24) is 9.97 Å². The van der Waals surface area contributed by atoms with E-state index in [0.717, 1.165) is 22.5 Å². The van der Waals surface area contributed by atoms with Gasteiger partial charge in [0, 0.05) is 28.4 Å². The summed E-state index contributed by atoms with van der Waals surface area (Å²) in [6.07, 6.45) is 1.55. The zero-order chi connectivity index (χ0) is 21.2. The molecule has 152 valence electrons. The van der Waals surface area contributed by atoms with Gasteiger partial charge in [-0.1, -0.05) is 48.0 Å². The molecule has 5 nitrogen and oxygen atoms in total. The van der Waals surface area contributed by atoms with Crippen molar-refractivity contribution in [1.29, 1.82) is 0 Å². The summed E-state index contributed by atoms with van der Waals surface area (Å²) in [7, 11) is 0. The lowest BCUT2D eigenvalue weighted by atomic mass is 9.96. The molecule has 2 heterocycles. The maximum absolute atomic E-state index is 6.08. The van der Waals surface area contributed by atoms with Gasteiger partial charge in [0.2, 0.25) is 11.2 Å². The maximum atomic E-state index is 6.08. The molecule has 1 aliphatic heterocycles. The minimum Gasteiger partial charge on any atom is -0.439 e. The summed E-state index contributed by atoms with van der Waals surface area (Å²) in [5.74, 6) is 1.04. The Morgan fingerprint density at radius 2 is 1.61 bits per heavy atom. The summed E-state index contributed by atoms with van der Waals surface area (Å²) < 4.78 is 5.76. The Hall–Kier alpha value is -3.41. The van der Waals surface area contributed by atoms with Crippen molar-refractivity contribution in [3.63, 3.8) is 0 Å². The predicted molar refractivity (Wildman–Crippen MR) is 123 cm³/mol. The second-order valence-electron chi connectivity index (χ2n) is 6.93. The molecule has 0 radical (unpaired) electrons. The monoisotopic (exact) mass is 446 g/mol. The van der Waals surface area contributed by atoms with Gasteiger partial charge in [-0.05, 0) is 53.6 Å². The van der Waals surface area contributed by atoms with Crippen LogP contribution in [0.4, 0.5) is 5.69 Å². The SMILES string of the molecule is Clc1ccc(C2=NN(c3ccc(Oc4ccnc(Cl)n4)cc3)Cc3ccccc32)cc1. The van der Waals surface area contributed by atoms with Crippen molar-refractivity contribution < 1.29 is 4.74 Å². The third-order valence-corrected chi connectivity index (χ3v) is 5.32. The van der Waals surface area contributed by atoms with E-state index < -0.39 is 0 Å². The minimum atomic E-state index is 0.144. The van der Waals surface area contributed by atoms with Crippen LogP contribution in [-0.4, -0.2) is 15.7 Å². The molecule has 0 amide bonds. The standard InChI is InChI=1S/C24H16Cl2N4O/c25-18-7-5-16(6-8-18)23-21-4-2-1-3-17(21)15-30(29-23)19-9-11-20(12-10-19)31-22-13-14-27-24(26)28-22/h1-14H,15H2. The molecule has 0 fully saturated rings. The number of halogens is 2. The number of nitrogens with zero attached hydrogens (tertiary/aromatic N) is 4. The first kappa shape index (κ1) is 19.5. The Bertz CT molecular complexity index is 1260. The average Bonchev–Trinajstić information content (AvgIpc) is 2.79. The van der Waals surface area contributed by atoms with Crippen molar-refractivity contribution >= 4 is 34.6 Å². The van der Waals surface area contributed by atoms with E-state index in [-0.39, 0.29) is 5.28 Å². The lowest BCUT2D eigenvalue weighted by Gasteiger charge is -2.28. The summed E-state index contributed by atoms with van der Waals surface area (Å²) in [6.45, 7) is 0.676. The largest absolute Gasteiger partial charge is 0.439 e. The normalized spacial score (nSPS) is 12.8. The highest BCUT2D eigenvalue weighted by Crippen LogP contribution is 2.29. The molecule has 5 rings (SSSR count). The first-order chi connectivity index (χ1) is 15.2. The van der Waals surface area contributed by atoms with Gasteiger partial charge in [0.25, 0.3) is 0 Å². The molecule has 0 saturated heterocycles. The number of rotatable bonds is 4. The Morgan fingerprint density at radius 3 is 2.39 bits per heavy atom. The molecule has 0 saturated carbocycles. The van der Waals surface area contributed by atoms with Crippen LogP contribution in [0, 0.1) is 0 Å². The van der Waals surface area contributed by atoms with Gasteiger partial charge in [-0.15, -0.1) is 0 Å². The molecule has 1 aliphatic rings. The molecular formula is C24H16Cl2N4O. The molecule has 31 heavy (non-hydrogen) atoms. The molecular weight excluding hydrogens is 431 g/mol. The third-order valence-electron chi connectivity index (χ3n) is 4.89. The molecule has 0 aliphatic carbocycles. The number of benzene rings is 3. The number of hydrogen-bond acceptors (Lipinski definition) is 5. The summed E-state index contributed by atoms with van der Waals surface area (Å²) in [5.41, 5.74) is 5.21. The van der Waals surface area contributed by atoms with Crippen molar-refractivity contribution in [3.8, 4) is 11.6 Å². The van der Waals surface area contributed by atoms with Gasteiger partial charge in [0.1, 0.15) is 5.75 Å².